The lowest BCUT2D eigenvalue weighted by molar-refractivity contribution is -0.132. The summed E-state index contributed by atoms with van der Waals surface area (Å²) in [5.41, 5.74) is 0.911. The third kappa shape index (κ3) is 3.44. The van der Waals surface area contributed by atoms with Crippen molar-refractivity contribution in [2.75, 3.05) is 31.1 Å². The molecule has 1 amide bonds. The summed E-state index contributed by atoms with van der Waals surface area (Å²) < 4.78 is 1.72. The average Bonchev–Trinajstić information content (AvgIpc) is 3.05. The smallest absolute Gasteiger partial charge is 0.244 e. The topological polar surface area (TPSA) is 54.3 Å². The lowest BCUT2D eigenvalue weighted by atomic mass is 10.3. The Labute approximate surface area is 150 Å². The van der Waals surface area contributed by atoms with Crippen molar-refractivity contribution >= 4 is 34.2 Å². The van der Waals surface area contributed by atoms with Gasteiger partial charge in [-0.2, -0.15) is 5.10 Å². The highest BCUT2D eigenvalue weighted by Gasteiger charge is 2.22. The molecule has 128 valence electrons. The zero-order valence-electron chi connectivity index (χ0n) is 13.7. The molecule has 0 unspecified atom stereocenters. The Bertz CT molecular complexity index is 851. The van der Waals surface area contributed by atoms with Crippen LogP contribution in [0, 0.1) is 0 Å². The van der Waals surface area contributed by atoms with Crippen molar-refractivity contribution in [1.29, 1.82) is 0 Å². The first-order valence-electron chi connectivity index (χ1n) is 8.25. The number of nitrogens with zero attached hydrogens (tertiary/aromatic N) is 5. The molecule has 0 atom stereocenters. The van der Waals surface area contributed by atoms with Crippen LogP contribution in [0.4, 0.5) is 5.82 Å². The highest BCUT2D eigenvalue weighted by Crippen LogP contribution is 2.16. The van der Waals surface area contributed by atoms with Gasteiger partial charge in [-0.05, 0) is 18.2 Å². The third-order valence-corrected chi connectivity index (χ3v) is 4.65. The molecule has 1 aromatic carbocycles. The minimum Gasteiger partial charge on any atom is -0.353 e. The second kappa shape index (κ2) is 6.72. The van der Waals surface area contributed by atoms with Gasteiger partial charge in [-0.3, -0.25) is 9.48 Å². The Morgan fingerprint density at radius 3 is 2.60 bits per heavy atom. The number of fused-ring (bicyclic) bond motifs is 1. The Hall–Kier alpha value is -2.60. The lowest BCUT2D eigenvalue weighted by Gasteiger charge is -2.35. The molecule has 0 N–H and O–H groups in total. The van der Waals surface area contributed by atoms with Crippen LogP contribution >= 0.6 is 11.6 Å². The number of amides is 1. The van der Waals surface area contributed by atoms with Crippen LogP contribution in [0.5, 0.6) is 0 Å². The molecule has 3 aromatic rings. The zero-order valence-corrected chi connectivity index (χ0v) is 14.4. The van der Waals surface area contributed by atoms with Crippen LogP contribution in [-0.4, -0.2) is 51.8 Å². The highest BCUT2D eigenvalue weighted by atomic mass is 35.5. The molecule has 1 saturated heterocycles. The quantitative estimate of drug-likeness (QED) is 0.724. The first-order chi connectivity index (χ1) is 12.2. The number of hydrogen-bond acceptors (Lipinski definition) is 4. The fourth-order valence-electron chi connectivity index (χ4n) is 3.08. The fourth-order valence-corrected chi connectivity index (χ4v) is 3.19. The molecule has 0 saturated carbocycles. The van der Waals surface area contributed by atoms with Gasteiger partial charge in [-0.1, -0.05) is 29.8 Å². The van der Waals surface area contributed by atoms with Crippen molar-refractivity contribution in [3.05, 3.63) is 53.8 Å². The first-order valence-corrected chi connectivity index (χ1v) is 8.63. The van der Waals surface area contributed by atoms with Gasteiger partial charge in [0.05, 0.1) is 10.5 Å². The number of pyridine rings is 1. The number of carbonyl (C=O) groups excluding carboxylic acids is 1. The summed E-state index contributed by atoms with van der Waals surface area (Å²) in [6.07, 6.45) is 3.57. The summed E-state index contributed by atoms with van der Waals surface area (Å²) in [7, 11) is 0. The maximum atomic E-state index is 12.5. The van der Waals surface area contributed by atoms with Crippen molar-refractivity contribution in [3.63, 3.8) is 0 Å². The summed E-state index contributed by atoms with van der Waals surface area (Å²) in [6, 6.07) is 11.6. The third-order valence-electron chi connectivity index (χ3n) is 4.43. The van der Waals surface area contributed by atoms with Gasteiger partial charge in [0, 0.05) is 44.0 Å². The predicted octanol–water partition coefficient (Wildman–Crippen LogP) is 2.43. The molecule has 1 aliphatic heterocycles. The second-order valence-electron chi connectivity index (χ2n) is 6.09. The van der Waals surface area contributed by atoms with Gasteiger partial charge in [0.1, 0.15) is 12.4 Å². The number of aromatic nitrogens is 3. The largest absolute Gasteiger partial charge is 0.353 e. The van der Waals surface area contributed by atoms with Crippen molar-refractivity contribution in [3.8, 4) is 0 Å². The molecule has 0 spiro atoms. The number of anilines is 1. The molecule has 1 fully saturated rings. The minimum absolute atomic E-state index is 0.0940. The van der Waals surface area contributed by atoms with E-state index in [1.165, 1.54) is 0 Å². The van der Waals surface area contributed by atoms with Gasteiger partial charge < -0.3 is 9.80 Å². The van der Waals surface area contributed by atoms with E-state index in [0.717, 1.165) is 29.8 Å². The van der Waals surface area contributed by atoms with E-state index in [1.807, 2.05) is 47.5 Å². The molecule has 1 aliphatic rings. The van der Waals surface area contributed by atoms with Crippen molar-refractivity contribution in [2.45, 2.75) is 6.54 Å². The molecule has 0 bridgehead atoms. The van der Waals surface area contributed by atoms with E-state index < -0.39 is 0 Å². The van der Waals surface area contributed by atoms with Crippen LogP contribution in [0.1, 0.15) is 0 Å². The number of piperazine rings is 1. The molecule has 2 aromatic heterocycles. The maximum Gasteiger partial charge on any atom is 0.244 e. The Kier molecular flexibility index (Phi) is 4.28. The van der Waals surface area contributed by atoms with Crippen LogP contribution in [0.25, 0.3) is 10.9 Å². The summed E-state index contributed by atoms with van der Waals surface area (Å²) >= 11 is 5.88. The SMILES string of the molecule is O=C(Cn1cc2ccccc2n1)N1CCN(c2ccc(Cl)cn2)CC1. The second-order valence-corrected chi connectivity index (χ2v) is 6.52. The van der Waals surface area contributed by atoms with Crippen LogP contribution < -0.4 is 4.90 Å². The summed E-state index contributed by atoms with van der Waals surface area (Å²) in [6.45, 7) is 3.17. The Morgan fingerprint density at radius 1 is 1.08 bits per heavy atom. The average molecular weight is 356 g/mol. The van der Waals surface area contributed by atoms with E-state index >= 15 is 0 Å². The van der Waals surface area contributed by atoms with Crippen LogP contribution in [-0.2, 0) is 11.3 Å². The van der Waals surface area contributed by atoms with E-state index in [2.05, 4.69) is 15.0 Å². The van der Waals surface area contributed by atoms with E-state index in [4.69, 9.17) is 11.6 Å². The lowest BCUT2D eigenvalue weighted by Crippen LogP contribution is -2.49. The van der Waals surface area contributed by atoms with Gasteiger partial charge in [-0.25, -0.2) is 4.98 Å². The molecular formula is C18H18ClN5O. The molecule has 6 nitrogen and oxygen atoms in total. The van der Waals surface area contributed by atoms with Crippen molar-refractivity contribution in [2.24, 2.45) is 0 Å². The first kappa shape index (κ1) is 15.9. The van der Waals surface area contributed by atoms with Crippen LogP contribution in [0.3, 0.4) is 0 Å². The molecule has 4 rings (SSSR count). The molecule has 7 heteroatoms. The number of carbonyl (C=O) groups is 1. The number of hydrogen-bond donors (Lipinski definition) is 0. The number of halogens is 1. The van der Waals surface area contributed by atoms with E-state index in [9.17, 15) is 4.79 Å². The van der Waals surface area contributed by atoms with Gasteiger partial charge in [0.25, 0.3) is 0 Å². The van der Waals surface area contributed by atoms with Gasteiger partial charge >= 0.3 is 0 Å². The minimum atomic E-state index is 0.0940. The summed E-state index contributed by atoms with van der Waals surface area (Å²) in [4.78, 5) is 20.9. The summed E-state index contributed by atoms with van der Waals surface area (Å²) in [5, 5.41) is 6.13. The van der Waals surface area contributed by atoms with E-state index in [0.29, 0.717) is 18.1 Å². The fraction of sp³-hybridized carbons (Fsp3) is 0.278. The van der Waals surface area contributed by atoms with Crippen molar-refractivity contribution in [1.82, 2.24) is 19.7 Å². The van der Waals surface area contributed by atoms with Gasteiger partial charge in [0.2, 0.25) is 5.91 Å². The van der Waals surface area contributed by atoms with E-state index in [-0.39, 0.29) is 12.5 Å². The maximum absolute atomic E-state index is 12.5. The summed E-state index contributed by atoms with van der Waals surface area (Å²) in [5.74, 6) is 0.992. The van der Waals surface area contributed by atoms with Crippen LogP contribution in [0.15, 0.2) is 48.8 Å². The molecule has 25 heavy (non-hydrogen) atoms. The molecule has 0 radical (unpaired) electrons. The highest BCUT2D eigenvalue weighted by molar-refractivity contribution is 6.30. The molecule has 0 aliphatic carbocycles. The van der Waals surface area contributed by atoms with Crippen molar-refractivity contribution < 1.29 is 4.79 Å². The standard InChI is InChI=1S/C18H18ClN5O/c19-15-5-6-17(20-11-15)22-7-9-23(10-8-22)18(25)13-24-12-14-3-1-2-4-16(14)21-24/h1-6,11-12H,7-10,13H2. The molecular weight excluding hydrogens is 338 g/mol. The normalized spacial score (nSPS) is 14.9. The van der Waals surface area contributed by atoms with Gasteiger partial charge in [-0.15, -0.1) is 0 Å². The predicted molar refractivity (Wildman–Crippen MR) is 97.8 cm³/mol. The van der Waals surface area contributed by atoms with E-state index in [1.54, 1.807) is 10.9 Å². The number of benzene rings is 1. The zero-order chi connectivity index (χ0) is 17.2. The monoisotopic (exact) mass is 355 g/mol. The molecule has 3 heterocycles. The Morgan fingerprint density at radius 2 is 1.88 bits per heavy atom. The van der Waals surface area contributed by atoms with Gasteiger partial charge in [0.15, 0.2) is 0 Å². The Balaban J connectivity index is 1.37. The number of rotatable bonds is 3. The van der Waals surface area contributed by atoms with Crippen LogP contribution in [0.2, 0.25) is 5.02 Å².